The van der Waals surface area contributed by atoms with Gasteiger partial charge in [-0.1, -0.05) is 226 Å². The topological polar surface area (TPSA) is 12.5 Å². The maximum absolute atomic E-state index is 6.42. The molecule has 2 heteroatoms. The van der Waals surface area contributed by atoms with Crippen molar-refractivity contribution in [3.05, 3.63) is 306 Å². The first kappa shape index (κ1) is 43.1. The van der Waals surface area contributed by atoms with Crippen LogP contribution in [0.25, 0.3) is 55.6 Å². The van der Waals surface area contributed by atoms with E-state index in [4.69, 9.17) is 4.74 Å². The lowest BCUT2D eigenvalue weighted by molar-refractivity contribution is 0.418. The molecular weight excluding hydrogens is 871 g/mol. The van der Waals surface area contributed by atoms with Gasteiger partial charge in [-0.3, -0.25) is 0 Å². The second-order valence-corrected chi connectivity index (χ2v) is 19.6. The minimum Gasteiger partial charge on any atom is -0.457 e. The fraction of sp³-hybridized carbons (Fsp3) is 0.0571. The third kappa shape index (κ3) is 7.18. The molecule has 2 nitrogen and oxygen atoms in total. The summed E-state index contributed by atoms with van der Waals surface area (Å²) in [6.45, 7) is 4.58. The molecule has 72 heavy (non-hydrogen) atoms. The zero-order valence-corrected chi connectivity index (χ0v) is 40.3. The number of rotatable bonds is 9. The number of benzene rings is 11. The lowest BCUT2D eigenvalue weighted by atomic mass is 9.67. The molecule has 0 N–H and O–H groups in total. The molecule has 2 aliphatic rings. The Balaban J connectivity index is 0.874. The summed E-state index contributed by atoms with van der Waals surface area (Å²) in [7, 11) is 0. The minimum absolute atomic E-state index is 0.198. The fourth-order valence-corrected chi connectivity index (χ4v) is 11.6. The molecule has 0 radical (unpaired) electrons. The summed E-state index contributed by atoms with van der Waals surface area (Å²) in [6.07, 6.45) is 0. The van der Waals surface area contributed by atoms with E-state index in [1.165, 1.54) is 77.9 Å². The van der Waals surface area contributed by atoms with Gasteiger partial charge in [0.15, 0.2) is 0 Å². The van der Waals surface area contributed by atoms with Crippen molar-refractivity contribution in [1.82, 2.24) is 0 Å². The Bertz CT molecular complexity index is 3710. The van der Waals surface area contributed by atoms with Gasteiger partial charge in [0.2, 0.25) is 0 Å². The molecule has 0 bridgehead atoms. The first-order valence-electron chi connectivity index (χ1n) is 25.0. The SMILES string of the molecule is CC1(C)c2ccccc2Oc2ccc(-c3ccc(N(c4ccc(-c5ccc(-c6ccccc6)cc5)cc4)c4ccc(-c5ccc6c(c5)C(c5ccccc5)(c5ccccc5)c5ccccc5-6)cc4)cc3)cc21. The van der Waals surface area contributed by atoms with Crippen molar-refractivity contribution < 1.29 is 4.74 Å². The van der Waals surface area contributed by atoms with Crippen LogP contribution in [-0.4, -0.2) is 0 Å². The molecule has 0 fully saturated rings. The van der Waals surface area contributed by atoms with Gasteiger partial charge < -0.3 is 9.64 Å². The lowest BCUT2D eigenvalue weighted by Crippen LogP contribution is -2.28. The van der Waals surface area contributed by atoms with Gasteiger partial charge in [0.1, 0.15) is 11.5 Å². The minimum atomic E-state index is -0.460. The zero-order valence-electron chi connectivity index (χ0n) is 40.3. The van der Waals surface area contributed by atoms with Crippen molar-refractivity contribution in [3.8, 4) is 67.1 Å². The van der Waals surface area contributed by atoms with E-state index >= 15 is 0 Å². The van der Waals surface area contributed by atoms with Gasteiger partial charge in [-0.25, -0.2) is 0 Å². The maximum atomic E-state index is 6.42. The Morgan fingerprint density at radius 1 is 0.278 bits per heavy atom. The molecule has 11 aromatic carbocycles. The van der Waals surface area contributed by atoms with Crippen LogP contribution >= 0.6 is 0 Å². The zero-order chi connectivity index (χ0) is 48.2. The summed E-state index contributed by atoms with van der Waals surface area (Å²) in [6, 6.07) is 99.6. The average molecular weight is 922 g/mol. The second kappa shape index (κ2) is 17.5. The summed E-state index contributed by atoms with van der Waals surface area (Å²) in [4.78, 5) is 2.37. The molecule has 0 unspecified atom stereocenters. The summed E-state index contributed by atoms with van der Waals surface area (Å²) < 4.78 is 6.42. The number of ether oxygens (including phenoxy) is 1. The first-order chi connectivity index (χ1) is 35.4. The van der Waals surface area contributed by atoms with Crippen LogP contribution in [0.15, 0.2) is 273 Å². The van der Waals surface area contributed by atoms with Crippen LogP contribution in [0.3, 0.4) is 0 Å². The predicted octanol–water partition coefficient (Wildman–Crippen LogP) is 18.6. The van der Waals surface area contributed by atoms with Gasteiger partial charge in [-0.05, 0) is 139 Å². The van der Waals surface area contributed by atoms with E-state index in [0.717, 1.165) is 39.7 Å². The Morgan fingerprint density at radius 3 is 1.18 bits per heavy atom. The van der Waals surface area contributed by atoms with Gasteiger partial charge in [0, 0.05) is 33.6 Å². The maximum Gasteiger partial charge on any atom is 0.131 e. The standard InChI is InChI=1S/C70H51NO/c1-69(2)64-24-14-15-25-67(64)72-68-45-37-55(47-66(68)69)53-34-42-60(43-35-53)71(58-38-30-51(31-39-58)50-28-26-49(27-29-50)48-16-6-3-7-17-48)59-40-32-52(33-41-59)54-36-44-62-61-22-12-13-23-63(61)70(65(62)46-54,56-18-8-4-9-19-56)57-20-10-5-11-21-57/h3-47H,1-2H3. The summed E-state index contributed by atoms with van der Waals surface area (Å²) in [5.41, 5.74) is 22.2. The van der Waals surface area contributed by atoms with Crippen LogP contribution in [0.5, 0.6) is 11.5 Å². The highest BCUT2D eigenvalue weighted by molar-refractivity contribution is 5.89. The van der Waals surface area contributed by atoms with Crippen LogP contribution in [0.1, 0.15) is 47.2 Å². The highest BCUT2D eigenvalue weighted by atomic mass is 16.5. The van der Waals surface area contributed by atoms with E-state index in [1.807, 2.05) is 6.07 Å². The highest BCUT2D eigenvalue weighted by Crippen LogP contribution is 2.57. The molecule has 342 valence electrons. The Hall–Kier alpha value is -8.98. The number of anilines is 3. The Labute approximate surface area is 422 Å². The van der Waals surface area contributed by atoms with E-state index in [2.05, 4.69) is 286 Å². The van der Waals surface area contributed by atoms with Crippen LogP contribution in [-0.2, 0) is 10.8 Å². The van der Waals surface area contributed by atoms with E-state index in [1.54, 1.807) is 0 Å². The third-order valence-corrected chi connectivity index (χ3v) is 15.3. The number of para-hydroxylation sites is 1. The molecule has 0 aromatic heterocycles. The summed E-state index contributed by atoms with van der Waals surface area (Å²) in [5, 5.41) is 0. The van der Waals surface area contributed by atoms with Gasteiger partial charge in [0.05, 0.1) is 5.41 Å². The van der Waals surface area contributed by atoms with Crippen molar-refractivity contribution in [2.75, 3.05) is 4.90 Å². The second-order valence-electron chi connectivity index (χ2n) is 19.6. The number of fused-ring (bicyclic) bond motifs is 5. The molecule has 1 aliphatic carbocycles. The normalized spacial score (nSPS) is 13.5. The predicted molar refractivity (Wildman–Crippen MR) is 299 cm³/mol. The van der Waals surface area contributed by atoms with Crippen LogP contribution in [0.4, 0.5) is 17.1 Å². The monoisotopic (exact) mass is 921 g/mol. The summed E-state index contributed by atoms with van der Waals surface area (Å²) >= 11 is 0. The molecule has 0 amide bonds. The molecule has 1 heterocycles. The molecule has 13 rings (SSSR count). The van der Waals surface area contributed by atoms with Crippen LogP contribution in [0, 0.1) is 0 Å². The molecule has 0 atom stereocenters. The number of nitrogens with zero attached hydrogens (tertiary/aromatic N) is 1. The molecule has 0 saturated carbocycles. The van der Waals surface area contributed by atoms with E-state index < -0.39 is 5.41 Å². The van der Waals surface area contributed by atoms with Gasteiger partial charge >= 0.3 is 0 Å². The van der Waals surface area contributed by atoms with E-state index in [-0.39, 0.29) is 5.41 Å². The van der Waals surface area contributed by atoms with Gasteiger partial charge in [-0.2, -0.15) is 0 Å². The van der Waals surface area contributed by atoms with Crippen molar-refractivity contribution in [2.24, 2.45) is 0 Å². The molecular formula is C70H51NO. The fourth-order valence-electron chi connectivity index (χ4n) is 11.6. The highest BCUT2D eigenvalue weighted by Gasteiger charge is 2.46. The van der Waals surface area contributed by atoms with Crippen molar-refractivity contribution >= 4 is 17.1 Å². The van der Waals surface area contributed by atoms with Crippen molar-refractivity contribution in [3.63, 3.8) is 0 Å². The molecule has 0 saturated heterocycles. The quantitative estimate of drug-likeness (QED) is 0.143. The Morgan fingerprint density at radius 2 is 0.639 bits per heavy atom. The number of hydrogen-bond acceptors (Lipinski definition) is 2. The molecule has 1 aliphatic heterocycles. The summed E-state index contributed by atoms with van der Waals surface area (Å²) in [5.74, 6) is 1.85. The van der Waals surface area contributed by atoms with Gasteiger partial charge in [-0.15, -0.1) is 0 Å². The van der Waals surface area contributed by atoms with Crippen molar-refractivity contribution in [1.29, 1.82) is 0 Å². The van der Waals surface area contributed by atoms with E-state index in [9.17, 15) is 0 Å². The largest absolute Gasteiger partial charge is 0.457 e. The lowest BCUT2D eigenvalue weighted by Gasteiger charge is -2.34. The first-order valence-corrected chi connectivity index (χ1v) is 25.0. The molecule has 0 spiro atoms. The van der Waals surface area contributed by atoms with Crippen molar-refractivity contribution in [2.45, 2.75) is 24.7 Å². The van der Waals surface area contributed by atoms with Gasteiger partial charge in [0.25, 0.3) is 0 Å². The smallest absolute Gasteiger partial charge is 0.131 e. The van der Waals surface area contributed by atoms with E-state index in [0.29, 0.717) is 0 Å². The Kier molecular flexibility index (Phi) is 10.4. The van der Waals surface area contributed by atoms with Crippen LogP contribution < -0.4 is 9.64 Å². The third-order valence-electron chi connectivity index (χ3n) is 15.3. The molecule has 11 aromatic rings. The average Bonchev–Trinajstić information content (AvgIpc) is 3.75. The van der Waals surface area contributed by atoms with Crippen LogP contribution in [0.2, 0.25) is 0 Å². The number of hydrogen-bond donors (Lipinski definition) is 0.